The summed E-state index contributed by atoms with van der Waals surface area (Å²) < 4.78 is 40.0. The molecule has 6 heteroatoms. The predicted octanol–water partition coefficient (Wildman–Crippen LogP) is 6.54. The van der Waals surface area contributed by atoms with E-state index >= 15 is 0 Å². The number of carbonyl (C=O) groups excluding carboxylic acids is 1. The van der Waals surface area contributed by atoms with E-state index in [1.54, 1.807) is 49.4 Å². The normalized spacial score (nSPS) is 11.5. The molecule has 0 aliphatic carbocycles. The van der Waals surface area contributed by atoms with E-state index in [9.17, 15) is 13.6 Å². The minimum atomic E-state index is -0.916. The Labute approximate surface area is 204 Å². The van der Waals surface area contributed by atoms with Gasteiger partial charge in [0.25, 0.3) is 0 Å². The zero-order chi connectivity index (χ0) is 25.2. The van der Waals surface area contributed by atoms with E-state index in [0.717, 1.165) is 16.7 Å². The molecule has 0 spiro atoms. The Morgan fingerprint density at radius 3 is 2.14 bits per heavy atom. The van der Waals surface area contributed by atoms with Crippen LogP contribution in [0.3, 0.4) is 0 Å². The summed E-state index contributed by atoms with van der Waals surface area (Å²) in [6, 6.07) is 20.3. The van der Waals surface area contributed by atoms with Crippen molar-refractivity contribution in [1.82, 2.24) is 0 Å². The molecule has 0 fully saturated rings. The second-order valence-corrected chi connectivity index (χ2v) is 7.99. The smallest absolute Gasteiger partial charge is 0.333 e. The zero-order valence-corrected chi connectivity index (χ0v) is 19.6. The van der Waals surface area contributed by atoms with Crippen LogP contribution in [0.2, 0.25) is 0 Å². The molecule has 0 heterocycles. The van der Waals surface area contributed by atoms with Gasteiger partial charge in [-0.25, -0.2) is 13.6 Å². The minimum Gasteiger partial charge on any atom is -0.491 e. The molecule has 0 bridgehead atoms. The van der Waals surface area contributed by atoms with Gasteiger partial charge in [0, 0.05) is 16.7 Å². The summed E-state index contributed by atoms with van der Waals surface area (Å²) in [5, 5.41) is 9.11. The highest BCUT2D eigenvalue weighted by molar-refractivity contribution is 5.87. The van der Waals surface area contributed by atoms with Crippen molar-refractivity contribution < 1.29 is 28.2 Å². The summed E-state index contributed by atoms with van der Waals surface area (Å²) in [4.78, 5) is 11.6. The Hall–Kier alpha value is -3.77. The van der Waals surface area contributed by atoms with Crippen molar-refractivity contribution in [2.24, 2.45) is 0 Å². The Morgan fingerprint density at radius 2 is 1.51 bits per heavy atom. The molecule has 3 aromatic rings. The average Bonchev–Trinajstić information content (AvgIpc) is 2.89. The van der Waals surface area contributed by atoms with Crippen LogP contribution >= 0.6 is 0 Å². The van der Waals surface area contributed by atoms with Crippen molar-refractivity contribution >= 4 is 17.6 Å². The van der Waals surface area contributed by atoms with E-state index in [2.05, 4.69) is 6.58 Å². The summed E-state index contributed by atoms with van der Waals surface area (Å²) in [6.07, 6.45) is 1.15. The maximum atomic E-state index is 14.7. The molecule has 0 saturated heterocycles. The topological polar surface area (TPSA) is 55.8 Å². The minimum absolute atomic E-state index is 0.114. The van der Waals surface area contributed by atoms with Gasteiger partial charge in [0.2, 0.25) is 0 Å². The lowest BCUT2D eigenvalue weighted by Crippen LogP contribution is -2.08. The molecule has 3 rings (SSSR count). The molecule has 1 N–H and O–H groups in total. The first kappa shape index (κ1) is 25.8. The van der Waals surface area contributed by atoms with Crippen LogP contribution in [0.4, 0.5) is 8.78 Å². The lowest BCUT2D eigenvalue weighted by molar-refractivity contribution is -0.139. The van der Waals surface area contributed by atoms with Crippen LogP contribution in [0.1, 0.15) is 30.0 Å². The quantitative estimate of drug-likeness (QED) is 0.147. The molecule has 4 nitrogen and oxygen atoms in total. The molecule has 0 aliphatic rings. The van der Waals surface area contributed by atoms with Crippen LogP contribution in [-0.4, -0.2) is 30.9 Å². The lowest BCUT2D eigenvalue weighted by atomic mass is 9.98. The first-order valence-electron chi connectivity index (χ1n) is 11.3. The molecule has 0 radical (unpaired) electrons. The summed E-state index contributed by atoms with van der Waals surface area (Å²) in [5.41, 5.74) is 3.26. The molecule has 0 atom stereocenters. The monoisotopic (exact) mass is 478 g/mol. The molecule has 0 aromatic heterocycles. The second-order valence-electron chi connectivity index (χ2n) is 7.99. The molecule has 0 saturated carbocycles. The van der Waals surface area contributed by atoms with E-state index in [4.69, 9.17) is 14.6 Å². The van der Waals surface area contributed by atoms with Crippen molar-refractivity contribution in [2.45, 2.75) is 19.8 Å². The van der Waals surface area contributed by atoms with Crippen molar-refractivity contribution in [3.8, 4) is 16.9 Å². The number of esters is 1. The number of aliphatic hydroxyl groups excluding tert-OH is 1. The Morgan fingerprint density at radius 1 is 0.886 bits per heavy atom. The molecule has 0 aliphatic heterocycles. The third-order valence-electron chi connectivity index (χ3n) is 5.27. The van der Waals surface area contributed by atoms with Gasteiger partial charge >= 0.3 is 5.97 Å². The van der Waals surface area contributed by atoms with E-state index in [-0.39, 0.29) is 30.9 Å². The first-order valence-corrected chi connectivity index (χ1v) is 11.3. The first-order chi connectivity index (χ1) is 16.9. The Balaban J connectivity index is 1.78. The van der Waals surface area contributed by atoms with Gasteiger partial charge in [0.05, 0.1) is 13.2 Å². The van der Waals surface area contributed by atoms with Gasteiger partial charge in [-0.05, 0) is 48.6 Å². The van der Waals surface area contributed by atoms with Gasteiger partial charge in [-0.15, -0.1) is 0 Å². The second kappa shape index (κ2) is 12.6. The molecule has 3 aromatic carbocycles. The Bertz CT molecular complexity index is 1190. The molecule has 35 heavy (non-hydrogen) atoms. The van der Waals surface area contributed by atoms with E-state index in [1.165, 1.54) is 12.1 Å². The van der Waals surface area contributed by atoms with Gasteiger partial charge in [0.1, 0.15) is 12.4 Å². The highest BCUT2D eigenvalue weighted by atomic mass is 19.2. The number of aryl methyl sites for hydroxylation is 1. The van der Waals surface area contributed by atoms with Crippen LogP contribution in [0.5, 0.6) is 5.75 Å². The van der Waals surface area contributed by atoms with Gasteiger partial charge < -0.3 is 14.6 Å². The van der Waals surface area contributed by atoms with Crippen LogP contribution in [0, 0.1) is 0 Å². The van der Waals surface area contributed by atoms with Crippen molar-refractivity contribution in [3.05, 3.63) is 102 Å². The van der Waals surface area contributed by atoms with Gasteiger partial charge in [-0.3, -0.25) is 0 Å². The molecular weight excluding hydrogens is 450 g/mol. The number of hydrogen-bond donors (Lipinski definition) is 1. The Kier molecular flexibility index (Phi) is 9.32. The van der Waals surface area contributed by atoms with Crippen LogP contribution in [-0.2, 0) is 16.0 Å². The number of aliphatic hydroxyl groups is 1. The fraction of sp³-hybridized carbons (Fsp3) is 0.207. The number of ether oxygens (including phenoxy) is 2. The third kappa shape index (κ3) is 7.11. The zero-order valence-electron chi connectivity index (χ0n) is 19.6. The van der Waals surface area contributed by atoms with Crippen molar-refractivity contribution in [2.75, 3.05) is 19.8 Å². The maximum Gasteiger partial charge on any atom is 0.333 e. The SMILES string of the molecule is C=C(C)C(=O)OCCCc1cc(-c2ccc(/C(F)=C(\F)c3ccccc3)cc2)ccc1OCCO. The van der Waals surface area contributed by atoms with Crippen molar-refractivity contribution in [1.29, 1.82) is 0 Å². The summed E-state index contributed by atoms with van der Waals surface area (Å²) in [5.74, 6) is -1.62. The number of carbonyl (C=O) groups is 1. The number of hydrogen-bond acceptors (Lipinski definition) is 4. The summed E-state index contributed by atoms with van der Waals surface area (Å²) >= 11 is 0. The number of halogens is 2. The lowest BCUT2D eigenvalue weighted by Gasteiger charge is -2.13. The average molecular weight is 479 g/mol. The van der Waals surface area contributed by atoms with Gasteiger partial charge in [-0.2, -0.15) is 0 Å². The van der Waals surface area contributed by atoms with Gasteiger partial charge in [0.15, 0.2) is 11.7 Å². The highest BCUT2D eigenvalue weighted by Gasteiger charge is 2.13. The fourth-order valence-electron chi connectivity index (χ4n) is 3.45. The van der Waals surface area contributed by atoms with Crippen LogP contribution in [0.15, 0.2) is 84.9 Å². The predicted molar refractivity (Wildman–Crippen MR) is 134 cm³/mol. The van der Waals surface area contributed by atoms with Crippen LogP contribution in [0.25, 0.3) is 22.8 Å². The van der Waals surface area contributed by atoms with Crippen molar-refractivity contribution in [3.63, 3.8) is 0 Å². The van der Waals surface area contributed by atoms with Gasteiger partial charge in [-0.1, -0.05) is 67.2 Å². The largest absolute Gasteiger partial charge is 0.491 e. The standard InChI is InChI=1S/C29H28F2O4/c1-20(2)29(33)35-17-6-9-25-19-24(14-15-26(25)34-18-16-32)21-10-12-23(13-11-21)28(31)27(30)22-7-4-3-5-8-22/h3-5,7-8,10-15,19,32H,1,6,9,16-18H2,2H3/b28-27+. The number of rotatable bonds is 11. The molecule has 0 amide bonds. The van der Waals surface area contributed by atoms with E-state index in [1.807, 2.05) is 18.2 Å². The third-order valence-corrected chi connectivity index (χ3v) is 5.27. The maximum absolute atomic E-state index is 14.7. The number of benzene rings is 3. The van der Waals surface area contributed by atoms with Crippen LogP contribution < -0.4 is 4.74 Å². The molecular formula is C29H28F2O4. The summed E-state index contributed by atoms with van der Waals surface area (Å²) in [7, 11) is 0. The molecule has 0 unspecified atom stereocenters. The summed E-state index contributed by atoms with van der Waals surface area (Å²) in [6.45, 7) is 5.44. The fourth-order valence-corrected chi connectivity index (χ4v) is 3.45. The van der Waals surface area contributed by atoms with E-state index in [0.29, 0.717) is 24.2 Å². The molecule has 182 valence electrons. The highest BCUT2D eigenvalue weighted by Crippen LogP contribution is 2.32. The van der Waals surface area contributed by atoms with E-state index < -0.39 is 17.6 Å².